The molecule has 0 atom stereocenters. The number of rotatable bonds is 6. The van der Waals surface area contributed by atoms with Crippen molar-refractivity contribution in [3.05, 3.63) is 46.9 Å². The number of aromatic nitrogens is 2. The third kappa shape index (κ3) is 4.78. The zero-order valence-corrected chi connectivity index (χ0v) is 14.4. The molecule has 2 rings (SSSR count). The van der Waals surface area contributed by atoms with Gasteiger partial charge in [-0.25, -0.2) is 9.97 Å². The highest BCUT2D eigenvalue weighted by Crippen LogP contribution is 2.30. The summed E-state index contributed by atoms with van der Waals surface area (Å²) >= 11 is 0. The highest BCUT2D eigenvalue weighted by Gasteiger charge is 2.30. The van der Waals surface area contributed by atoms with Gasteiger partial charge in [0.25, 0.3) is 0 Å². The first-order valence-corrected chi connectivity index (χ1v) is 8.05. The van der Waals surface area contributed by atoms with Gasteiger partial charge in [-0.05, 0) is 44.5 Å². The average Bonchev–Trinajstić information content (AvgIpc) is 2.55. The van der Waals surface area contributed by atoms with Gasteiger partial charge < -0.3 is 5.32 Å². The Morgan fingerprint density at radius 1 is 1.08 bits per heavy atom. The second-order valence-corrected chi connectivity index (χ2v) is 5.82. The second kappa shape index (κ2) is 7.63. The monoisotopic (exact) mass is 351 g/mol. The topological polar surface area (TPSA) is 54.9 Å². The summed E-state index contributed by atoms with van der Waals surface area (Å²) in [5.74, 6) is 0.375. The van der Waals surface area contributed by atoms with Gasteiger partial charge in [0.2, 0.25) is 0 Å². The zero-order valence-electron chi connectivity index (χ0n) is 14.4. The first-order chi connectivity index (χ1) is 11.7. The molecule has 0 fully saturated rings. The van der Waals surface area contributed by atoms with Crippen LogP contribution in [0.3, 0.4) is 0 Å². The first-order valence-electron chi connectivity index (χ1n) is 8.05. The number of hydrogen-bond acceptors (Lipinski definition) is 4. The van der Waals surface area contributed by atoms with Crippen LogP contribution < -0.4 is 5.32 Å². The number of anilines is 2. The molecular weight excluding hydrogens is 331 g/mol. The largest absolute Gasteiger partial charge is 0.416 e. The van der Waals surface area contributed by atoms with Crippen molar-refractivity contribution in [1.29, 1.82) is 0 Å². The van der Waals surface area contributed by atoms with E-state index in [1.807, 2.05) is 6.92 Å². The van der Waals surface area contributed by atoms with Crippen LogP contribution in [0, 0.1) is 13.8 Å². The van der Waals surface area contributed by atoms with E-state index in [1.54, 1.807) is 13.8 Å². The van der Waals surface area contributed by atoms with Gasteiger partial charge in [0, 0.05) is 12.1 Å². The molecule has 1 aromatic carbocycles. The van der Waals surface area contributed by atoms with Gasteiger partial charge in [-0.1, -0.05) is 13.3 Å². The Kier molecular flexibility index (Phi) is 5.77. The van der Waals surface area contributed by atoms with E-state index in [9.17, 15) is 18.0 Å². The summed E-state index contributed by atoms with van der Waals surface area (Å²) in [5, 5.41) is 2.95. The van der Waals surface area contributed by atoms with Crippen LogP contribution in [0.2, 0.25) is 0 Å². The number of carbonyl (C=O) groups is 1. The third-order valence-electron chi connectivity index (χ3n) is 3.74. The fourth-order valence-corrected chi connectivity index (χ4v) is 2.32. The van der Waals surface area contributed by atoms with Crippen LogP contribution in [0.15, 0.2) is 24.3 Å². The molecule has 25 heavy (non-hydrogen) atoms. The predicted molar refractivity (Wildman–Crippen MR) is 90.1 cm³/mol. The van der Waals surface area contributed by atoms with Gasteiger partial charge in [0.05, 0.1) is 17.0 Å². The van der Waals surface area contributed by atoms with Gasteiger partial charge >= 0.3 is 6.18 Å². The number of unbranched alkanes of at least 4 members (excludes halogenated alkanes) is 1. The van der Waals surface area contributed by atoms with Crippen LogP contribution in [-0.4, -0.2) is 15.8 Å². The molecule has 0 saturated carbocycles. The van der Waals surface area contributed by atoms with Crippen molar-refractivity contribution in [2.45, 2.75) is 46.2 Å². The van der Waals surface area contributed by atoms with Crippen molar-refractivity contribution in [1.82, 2.24) is 9.97 Å². The average molecular weight is 351 g/mol. The van der Waals surface area contributed by atoms with Crippen LogP contribution in [0.25, 0.3) is 0 Å². The van der Waals surface area contributed by atoms with E-state index in [0.29, 0.717) is 35.0 Å². The Morgan fingerprint density at radius 3 is 2.28 bits per heavy atom. The maximum Gasteiger partial charge on any atom is 0.416 e. The van der Waals surface area contributed by atoms with E-state index < -0.39 is 11.7 Å². The lowest BCUT2D eigenvalue weighted by Gasteiger charge is -2.12. The molecule has 0 aliphatic carbocycles. The molecule has 1 heterocycles. The molecule has 0 aliphatic rings. The van der Waals surface area contributed by atoms with Gasteiger partial charge in [-0.3, -0.25) is 4.79 Å². The molecule has 0 bridgehead atoms. The number of hydrogen-bond donors (Lipinski definition) is 1. The van der Waals surface area contributed by atoms with Gasteiger partial charge in [-0.15, -0.1) is 0 Å². The Morgan fingerprint density at radius 2 is 1.72 bits per heavy atom. The number of carbonyl (C=O) groups excluding carboxylic acids is 1. The highest BCUT2D eigenvalue weighted by atomic mass is 19.4. The molecule has 0 aliphatic heterocycles. The molecule has 7 heteroatoms. The number of nitrogens with one attached hydrogen (secondary N) is 1. The molecule has 0 saturated heterocycles. The molecule has 0 radical (unpaired) electrons. The maximum atomic E-state index is 12.6. The van der Waals surface area contributed by atoms with E-state index in [4.69, 9.17) is 0 Å². The molecule has 1 N–H and O–H groups in total. The molecule has 0 amide bonds. The van der Waals surface area contributed by atoms with Crippen LogP contribution in [0.4, 0.5) is 24.7 Å². The lowest BCUT2D eigenvalue weighted by molar-refractivity contribution is -0.137. The number of Topliss-reactive ketones (excluding diaryl/α,β-unsaturated/α-hetero) is 1. The smallest absolute Gasteiger partial charge is 0.339 e. The number of halogens is 3. The Balaban J connectivity index is 2.20. The highest BCUT2D eigenvalue weighted by molar-refractivity contribution is 5.95. The molecular formula is C18H20F3N3O. The number of benzene rings is 1. The van der Waals surface area contributed by atoms with Crippen molar-refractivity contribution < 1.29 is 18.0 Å². The zero-order chi connectivity index (χ0) is 18.6. The van der Waals surface area contributed by atoms with Crippen LogP contribution >= 0.6 is 0 Å². The molecule has 0 unspecified atom stereocenters. The minimum Gasteiger partial charge on any atom is -0.339 e. The number of nitrogens with zero attached hydrogens (tertiary/aromatic N) is 2. The third-order valence-corrected chi connectivity index (χ3v) is 3.74. The van der Waals surface area contributed by atoms with Crippen LogP contribution in [0.5, 0.6) is 0 Å². The van der Waals surface area contributed by atoms with E-state index in [1.165, 1.54) is 12.1 Å². The fourth-order valence-electron chi connectivity index (χ4n) is 2.32. The molecule has 2 aromatic rings. The van der Waals surface area contributed by atoms with Crippen LogP contribution in [-0.2, 0) is 6.18 Å². The summed E-state index contributed by atoms with van der Waals surface area (Å²) < 4.78 is 37.8. The van der Waals surface area contributed by atoms with E-state index in [0.717, 1.165) is 25.0 Å². The van der Waals surface area contributed by atoms with Crippen molar-refractivity contribution in [2.75, 3.05) is 5.32 Å². The Hall–Kier alpha value is -2.44. The number of alkyl halides is 3. The van der Waals surface area contributed by atoms with Crippen molar-refractivity contribution >= 4 is 17.3 Å². The van der Waals surface area contributed by atoms with Crippen molar-refractivity contribution in [3.63, 3.8) is 0 Å². The lowest BCUT2D eigenvalue weighted by Crippen LogP contribution is -2.10. The molecule has 0 spiro atoms. The molecule has 4 nitrogen and oxygen atoms in total. The summed E-state index contributed by atoms with van der Waals surface area (Å²) in [7, 11) is 0. The standard InChI is InChI=1S/C18H20F3N3O/c1-4-5-6-15(25)16-11(2)23-17(12(3)22-16)24-14-9-7-13(8-10-14)18(19,20)21/h7-10H,4-6H2,1-3H3,(H,23,24). The summed E-state index contributed by atoms with van der Waals surface area (Å²) in [5.41, 5.74) is 1.12. The summed E-state index contributed by atoms with van der Waals surface area (Å²) in [6, 6.07) is 4.67. The van der Waals surface area contributed by atoms with Crippen molar-refractivity contribution in [2.24, 2.45) is 0 Å². The maximum absolute atomic E-state index is 12.6. The SMILES string of the molecule is CCCCC(=O)c1nc(C)c(Nc2ccc(C(F)(F)F)cc2)nc1C. The van der Waals surface area contributed by atoms with Crippen molar-refractivity contribution in [3.8, 4) is 0 Å². The molecule has 1 aromatic heterocycles. The van der Waals surface area contributed by atoms with E-state index in [-0.39, 0.29) is 5.78 Å². The van der Waals surface area contributed by atoms with E-state index in [2.05, 4.69) is 15.3 Å². The molecule has 134 valence electrons. The second-order valence-electron chi connectivity index (χ2n) is 5.82. The van der Waals surface area contributed by atoms with Crippen LogP contribution in [0.1, 0.15) is 53.6 Å². The Labute approximate surface area is 144 Å². The van der Waals surface area contributed by atoms with Gasteiger partial charge in [0.1, 0.15) is 5.69 Å². The van der Waals surface area contributed by atoms with Gasteiger partial charge in [-0.2, -0.15) is 13.2 Å². The number of ketones is 1. The summed E-state index contributed by atoms with van der Waals surface area (Å²) in [6.07, 6.45) is -2.22. The van der Waals surface area contributed by atoms with Gasteiger partial charge in [0.15, 0.2) is 11.6 Å². The minimum atomic E-state index is -4.37. The summed E-state index contributed by atoms with van der Waals surface area (Å²) in [6.45, 7) is 5.41. The van der Waals surface area contributed by atoms with E-state index >= 15 is 0 Å². The number of aryl methyl sites for hydroxylation is 2. The fraction of sp³-hybridized carbons (Fsp3) is 0.389. The normalized spacial score (nSPS) is 11.4. The predicted octanol–water partition coefficient (Wildman–Crippen LogP) is 5.23. The minimum absolute atomic E-state index is 0.0453. The lowest BCUT2D eigenvalue weighted by atomic mass is 10.1. The summed E-state index contributed by atoms with van der Waals surface area (Å²) in [4.78, 5) is 20.8. The first kappa shape index (κ1) is 18.9. The Bertz CT molecular complexity index is 755. The quantitative estimate of drug-likeness (QED) is 0.724.